The maximum Gasteiger partial charge on any atom is 0.248 e. The predicted octanol–water partition coefficient (Wildman–Crippen LogP) is 2.65. The lowest BCUT2D eigenvalue weighted by Crippen LogP contribution is -2.12. The van der Waals surface area contributed by atoms with Crippen LogP contribution in [0.1, 0.15) is 0 Å². The Kier molecular flexibility index (Phi) is 3.62. The normalized spacial score (nSPS) is 13.9. The quantitative estimate of drug-likeness (QED) is 0.816. The fraction of sp³-hybridized carbons (Fsp3) is 0.0769. The maximum absolute atomic E-state index is 12.1. The monoisotopic (exact) mass is 247 g/mol. The van der Waals surface area contributed by atoms with Gasteiger partial charge in [0.15, 0.2) is 0 Å². The highest BCUT2D eigenvalue weighted by Crippen LogP contribution is 2.38. The van der Waals surface area contributed by atoms with Crippen molar-refractivity contribution in [3.63, 3.8) is 0 Å². The van der Waals surface area contributed by atoms with Gasteiger partial charge in [-0.05, 0) is 24.3 Å². The fourth-order valence-corrected chi connectivity index (χ4v) is 2.72. The molecule has 0 heterocycles. The van der Waals surface area contributed by atoms with Crippen molar-refractivity contribution in [2.75, 3.05) is 11.6 Å². The van der Waals surface area contributed by atoms with Gasteiger partial charge in [0.05, 0.1) is 6.29 Å². The fourth-order valence-electron chi connectivity index (χ4n) is 1.51. The van der Waals surface area contributed by atoms with Crippen molar-refractivity contribution >= 4 is 18.4 Å². The first-order chi connectivity index (χ1) is 8.18. The first kappa shape index (κ1) is 11.9. The molecule has 0 bridgehead atoms. The Labute approximate surface area is 101 Å². The largest absolute Gasteiger partial charge is 0.376 e. The highest BCUT2D eigenvalue weighted by atomic mass is 31.2. The molecular weight excluding hydrogens is 233 g/mol. The molecule has 1 atom stereocenters. The van der Waals surface area contributed by atoms with E-state index in [-0.39, 0.29) is 6.29 Å². The Morgan fingerprint density at radius 2 is 1.47 bits per heavy atom. The molecule has 2 rings (SSSR count). The van der Waals surface area contributed by atoms with Gasteiger partial charge in [-0.2, -0.15) is 0 Å². The van der Waals surface area contributed by atoms with E-state index in [9.17, 15) is 9.46 Å². The van der Waals surface area contributed by atoms with E-state index in [0.717, 1.165) is 5.69 Å². The first-order valence-electron chi connectivity index (χ1n) is 5.35. The second-order valence-electron chi connectivity index (χ2n) is 3.74. The van der Waals surface area contributed by atoms with E-state index in [0.29, 0.717) is 5.30 Å². The zero-order chi connectivity index (χ0) is 12.1. The molecular formula is C13H14NO2P. The minimum atomic E-state index is -3.32. The van der Waals surface area contributed by atoms with Crippen LogP contribution in [0.3, 0.4) is 0 Å². The lowest BCUT2D eigenvalue weighted by molar-refractivity contribution is 0.492. The average molecular weight is 247 g/mol. The van der Waals surface area contributed by atoms with Crippen LogP contribution in [0.4, 0.5) is 5.69 Å². The van der Waals surface area contributed by atoms with Gasteiger partial charge < -0.3 is 10.2 Å². The van der Waals surface area contributed by atoms with Crippen LogP contribution in [0.15, 0.2) is 60.7 Å². The van der Waals surface area contributed by atoms with Crippen molar-refractivity contribution in [1.82, 2.24) is 0 Å². The van der Waals surface area contributed by atoms with Gasteiger partial charge in [-0.3, -0.25) is 4.57 Å². The third-order valence-corrected chi connectivity index (χ3v) is 4.12. The minimum Gasteiger partial charge on any atom is -0.376 e. The van der Waals surface area contributed by atoms with Crippen LogP contribution in [0, 0.1) is 0 Å². The van der Waals surface area contributed by atoms with Crippen molar-refractivity contribution in [3.05, 3.63) is 60.7 Å². The second kappa shape index (κ2) is 5.17. The average Bonchev–Trinajstić information content (AvgIpc) is 2.39. The smallest absolute Gasteiger partial charge is 0.248 e. The molecule has 0 aromatic heterocycles. The maximum atomic E-state index is 12.1. The molecule has 0 amide bonds. The van der Waals surface area contributed by atoms with Gasteiger partial charge in [0.2, 0.25) is 7.37 Å². The topological polar surface area (TPSA) is 49.3 Å². The zero-order valence-electron chi connectivity index (χ0n) is 9.28. The summed E-state index contributed by atoms with van der Waals surface area (Å²) in [6.07, 6.45) is 0.0427. The van der Waals surface area contributed by atoms with Gasteiger partial charge in [0.25, 0.3) is 0 Å². The second-order valence-corrected chi connectivity index (χ2v) is 5.97. The van der Waals surface area contributed by atoms with Crippen molar-refractivity contribution in [1.29, 1.82) is 0 Å². The van der Waals surface area contributed by atoms with Crippen molar-refractivity contribution in [2.24, 2.45) is 0 Å². The van der Waals surface area contributed by atoms with E-state index in [4.69, 9.17) is 0 Å². The lowest BCUT2D eigenvalue weighted by atomic mass is 10.3. The highest BCUT2D eigenvalue weighted by Gasteiger charge is 2.20. The van der Waals surface area contributed by atoms with E-state index in [1.165, 1.54) is 0 Å². The number of hydrogen-bond acceptors (Lipinski definition) is 2. The van der Waals surface area contributed by atoms with Crippen LogP contribution >= 0.6 is 7.37 Å². The molecule has 1 unspecified atom stereocenters. The summed E-state index contributed by atoms with van der Waals surface area (Å²) < 4.78 is 12.1. The van der Waals surface area contributed by atoms with Gasteiger partial charge >= 0.3 is 0 Å². The Bertz CT molecular complexity index is 513. The Morgan fingerprint density at radius 3 is 2.06 bits per heavy atom. The number of rotatable bonds is 4. The molecule has 0 aliphatic rings. The molecule has 2 N–H and O–H groups in total. The molecule has 0 spiro atoms. The van der Waals surface area contributed by atoms with Gasteiger partial charge in [-0.1, -0.05) is 36.4 Å². The third-order valence-electron chi connectivity index (χ3n) is 2.43. The molecule has 2 aromatic carbocycles. The van der Waals surface area contributed by atoms with Gasteiger partial charge in [-0.15, -0.1) is 0 Å². The summed E-state index contributed by atoms with van der Waals surface area (Å²) in [4.78, 5) is 9.94. The van der Waals surface area contributed by atoms with E-state index in [1.54, 1.807) is 24.3 Å². The molecule has 3 nitrogen and oxygen atoms in total. The summed E-state index contributed by atoms with van der Waals surface area (Å²) >= 11 is 0. The molecule has 17 heavy (non-hydrogen) atoms. The molecule has 88 valence electrons. The predicted molar refractivity (Wildman–Crippen MR) is 70.8 cm³/mol. The summed E-state index contributed by atoms with van der Waals surface area (Å²) in [5, 5.41) is 3.45. The lowest BCUT2D eigenvalue weighted by Gasteiger charge is -2.13. The molecule has 2 aromatic rings. The van der Waals surface area contributed by atoms with E-state index in [2.05, 4.69) is 5.32 Å². The van der Waals surface area contributed by atoms with E-state index >= 15 is 0 Å². The molecule has 0 saturated carbocycles. The molecule has 4 heteroatoms. The van der Waals surface area contributed by atoms with Crippen molar-refractivity contribution in [2.45, 2.75) is 0 Å². The van der Waals surface area contributed by atoms with Gasteiger partial charge in [-0.25, -0.2) is 0 Å². The first-order valence-corrected chi connectivity index (χ1v) is 7.19. The summed E-state index contributed by atoms with van der Waals surface area (Å²) in [7, 11) is -3.32. The van der Waals surface area contributed by atoms with Crippen LogP contribution in [0.5, 0.6) is 0 Å². The molecule has 0 aliphatic heterocycles. The number of hydrogen-bond donors (Lipinski definition) is 2. The van der Waals surface area contributed by atoms with Crippen LogP contribution < -0.4 is 10.6 Å². The SMILES string of the molecule is O=P(O)(CNc1ccccc1)c1ccccc1. The standard InChI is InChI=1S/C13H14NO2P/c15-17(16,13-9-5-2-6-10-13)11-14-12-7-3-1-4-8-12/h1-10,14H,11H2,(H,15,16). The van der Waals surface area contributed by atoms with E-state index in [1.807, 2.05) is 36.4 Å². The summed E-state index contributed by atoms with van der Waals surface area (Å²) in [5.74, 6) is 0. The summed E-state index contributed by atoms with van der Waals surface area (Å²) in [6.45, 7) is 0. The van der Waals surface area contributed by atoms with Gasteiger partial charge in [0, 0.05) is 11.0 Å². The highest BCUT2D eigenvalue weighted by molar-refractivity contribution is 7.66. The molecule has 0 aliphatic carbocycles. The number of para-hydroxylation sites is 1. The van der Waals surface area contributed by atoms with Crippen molar-refractivity contribution in [3.8, 4) is 0 Å². The summed E-state index contributed by atoms with van der Waals surface area (Å²) in [6, 6.07) is 18.1. The number of anilines is 1. The van der Waals surface area contributed by atoms with Crippen LogP contribution in [-0.2, 0) is 4.57 Å². The number of nitrogens with one attached hydrogen (secondary N) is 1. The van der Waals surface area contributed by atoms with Crippen LogP contribution in [0.25, 0.3) is 0 Å². The van der Waals surface area contributed by atoms with Crippen molar-refractivity contribution < 1.29 is 9.46 Å². The van der Waals surface area contributed by atoms with Gasteiger partial charge in [0.1, 0.15) is 0 Å². The van der Waals surface area contributed by atoms with Crippen LogP contribution in [0.2, 0.25) is 0 Å². The Morgan fingerprint density at radius 1 is 0.941 bits per heavy atom. The van der Waals surface area contributed by atoms with Crippen LogP contribution in [-0.4, -0.2) is 11.2 Å². The zero-order valence-corrected chi connectivity index (χ0v) is 10.2. The molecule has 0 saturated heterocycles. The third kappa shape index (κ3) is 3.19. The molecule has 0 radical (unpaired) electrons. The summed E-state index contributed by atoms with van der Waals surface area (Å²) in [5.41, 5.74) is 0.845. The Hall–Kier alpha value is -1.57. The minimum absolute atomic E-state index is 0.0427. The van der Waals surface area contributed by atoms with E-state index < -0.39 is 7.37 Å². The number of benzene rings is 2. The Balaban J connectivity index is 2.06. The molecule has 0 fully saturated rings.